The molecule has 0 saturated carbocycles. The molecule has 2 rings (SSSR count). The fourth-order valence-electron chi connectivity index (χ4n) is 1.72. The topological polar surface area (TPSA) is 69.4 Å². The first-order valence-electron chi connectivity index (χ1n) is 5.39. The van der Waals surface area contributed by atoms with Crippen molar-refractivity contribution in [3.63, 3.8) is 0 Å². The van der Waals surface area contributed by atoms with Crippen LogP contribution in [0.25, 0.3) is 11.1 Å². The van der Waals surface area contributed by atoms with Crippen LogP contribution in [0.4, 0.5) is 4.39 Å². The van der Waals surface area contributed by atoms with Gasteiger partial charge in [-0.05, 0) is 23.8 Å². The summed E-state index contributed by atoms with van der Waals surface area (Å²) in [6.07, 6.45) is 0. The maximum atomic E-state index is 14.0. The number of halogens is 1. The van der Waals surface area contributed by atoms with Crippen molar-refractivity contribution in [3.05, 3.63) is 48.3 Å². The predicted molar refractivity (Wildman–Crippen MR) is 69.8 cm³/mol. The maximum Gasteiger partial charge on any atom is 0.238 e. The number of benzene rings is 2. The van der Waals surface area contributed by atoms with E-state index in [9.17, 15) is 12.8 Å². The molecule has 6 heteroatoms. The summed E-state index contributed by atoms with van der Waals surface area (Å²) >= 11 is 0. The van der Waals surface area contributed by atoms with Gasteiger partial charge in [0.2, 0.25) is 10.0 Å². The number of rotatable bonds is 3. The molecule has 0 aliphatic heterocycles. The van der Waals surface area contributed by atoms with Gasteiger partial charge in [0.25, 0.3) is 0 Å². The molecule has 4 nitrogen and oxygen atoms in total. The number of primary sulfonamides is 1. The molecule has 2 aromatic carbocycles. The van der Waals surface area contributed by atoms with Gasteiger partial charge in [-0.25, -0.2) is 17.9 Å². The van der Waals surface area contributed by atoms with E-state index < -0.39 is 15.8 Å². The number of hydrogen-bond donors (Lipinski definition) is 1. The second kappa shape index (κ2) is 4.99. The molecule has 0 fully saturated rings. The van der Waals surface area contributed by atoms with Gasteiger partial charge in [0.15, 0.2) is 11.6 Å². The summed E-state index contributed by atoms with van der Waals surface area (Å²) in [7, 11) is -2.36. The van der Waals surface area contributed by atoms with Crippen molar-refractivity contribution >= 4 is 10.0 Å². The molecule has 0 aliphatic carbocycles. The fourth-order valence-corrected chi connectivity index (χ4v) is 2.23. The van der Waals surface area contributed by atoms with Crippen LogP contribution in [0.3, 0.4) is 0 Å². The average molecular weight is 281 g/mol. The normalized spacial score (nSPS) is 11.3. The number of nitrogens with two attached hydrogens (primary N) is 1. The Hall–Kier alpha value is -1.92. The molecule has 0 aliphatic rings. The molecule has 0 atom stereocenters. The van der Waals surface area contributed by atoms with Crippen LogP contribution in [0, 0.1) is 5.82 Å². The van der Waals surface area contributed by atoms with Gasteiger partial charge in [-0.2, -0.15) is 0 Å². The van der Waals surface area contributed by atoms with Crippen molar-refractivity contribution in [2.75, 3.05) is 7.11 Å². The zero-order valence-electron chi connectivity index (χ0n) is 10.1. The van der Waals surface area contributed by atoms with E-state index in [-0.39, 0.29) is 10.6 Å². The Bertz CT molecular complexity index is 696. The Morgan fingerprint density at radius 3 is 2.26 bits per heavy atom. The molecule has 0 amide bonds. The minimum atomic E-state index is -3.74. The number of hydrogen-bond acceptors (Lipinski definition) is 3. The summed E-state index contributed by atoms with van der Waals surface area (Å²) < 4.78 is 41.2. The van der Waals surface area contributed by atoms with E-state index in [1.807, 2.05) is 0 Å². The van der Waals surface area contributed by atoms with E-state index in [1.165, 1.54) is 37.4 Å². The first-order chi connectivity index (χ1) is 8.93. The molecule has 2 aromatic rings. The quantitative estimate of drug-likeness (QED) is 0.937. The van der Waals surface area contributed by atoms with Gasteiger partial charge < -0.3 is 4.74 Å². The van der Waals surface area contributed by atoms with E-state index in [0.29, 0.717) is 11.1 Å². The van der Waals surface area contributed by atoms with Crippen molar-refractivity contribution in [3.8, 4) is 16.9 Å². The van der Waals surface area contributed by atoms with Gasteiger partial charge >= 0.3 is 0 Å². The van der Waals surface area contributed by atoms with Gasteiger partial charge in [-0.15, -0.1) is 0 Å². The smallest absolute Gasteiger partial charge is 0.238 e. The summed E-state index contributed by atoms with van der Waals surface area (Å²) in [5.41, 5.74) is 0.879. The Morgan fingerprint density at radius 1 is 1.11 bits per heavy atom. The molecular formula is C13H12FNO3S. The Balaban J connectivity index is 2.49. The van der Waals surface area contributed by atoms with Crippen LogP contribution in [-0.2, 0) is 10.0 Å². The molecule has 0 radical (unpaired) electrons. The molecule has 0 heterocycles. The zero-order chi connectivity index (χ0) is 14.0. The third-order valence-corrected chi connectivity index (χ3v) is 3.61. The highest BCUT2D eigenvalue weighted by Crippen LogP contribution is 2.29. The number of ether oxygens (including phenoxy) is 1. The lowest BCUT2D eigenvalue weighted by Crippen LogP contribution is -2.11. The third kappa shape index (κ3) is 2.74. The Kier molecular flexibility index (Phi) is 3.55. The maximum absolute atomic E-state index is 14.0. The largest absolute Gasteiger partial charge is 0.494 e. The summed E-state index contributed by atoms with van der Waals surface area (Å²) in [5.74, 6) is -0.360. The molecule has 0 aromatic heterocycles. The van der Waals surface area contributed by atoms with Crippen molar-refractivity contribution in [1.82, 2.24) is 0 Å². The number of methoxy groups -OCH3 is 1. The lowest BCUT2D eigenvalue weighted by Gasteiger charge is -2.08. The second-order valence-corrected chi connectivity index (χ2v) is 5.45. The summed E-state index contributed by atoms with van der Waals surface area (Å²) in [4.78, 5) is -0.0143. The molecular weight excluding hydrogens is 269 g/mol. The van der Waals surface area contributed by atoms with Gasteiger partial charge in [0.05, 0.1) is 12.0 Å². The van der Waals surface area contributed by atoms with Gasteiger partial charge in [-0.3, -0.25) is 0 Å². The van der Waals surface area contributed by atoms with Crippen LogP contribution in [0.5, 0.6) is 5.75 Å². The average Bonchev–Trinajstić information content (AvgIpc) is 2.38. The first-order valence-corrected chi connectivity index (χ1v) is 6.94. The summed E-state index contributed by atoms with van der Waals surface area (Å²) in [6.45, 7) is 0. The van der Waals surface area contributed by atoms with E-state index >= 15 is 0 Å². The predicted octanol–water partition coefficient (Wildman–Crippen LogP) is 2.15. The van der Waals surface area contributed by atoms with E-state index in [1.54, 1.807) is 12.1 Å². The third-order valence-electron chi connectivity index (χ3n) is 2.68. The van der Waals surface area contributed by atoms with Crippen LogP contribution in [0.15, 0.2) is 47.4 Å². The highest BCUT2D eigenvalue weighted by molar-refractivity contribution is 7.89. The van der Waals surface area contributed by atoms with Crippen LogP contribution in [0.2, 0.25) is 0 Å². The Labute approximate surface area is 110 Å². The monoisotopic (exact) mass is 281 g/mol. The molecule has 2 N–H and O–H groups in total. The molecule has 0 unspecified atom stereocenters. The summed E-state index contributed by atoms with van der Waals surface area (Å²) in [5, 5.41) is 5.00. The lowest BCUT2D eigenvalue weighted by molar-refractivity contribution is 0.387. The van der Waals surface area contributed by atoms with Crippen LogP contribution >= 0.6 is 0 Å². The second-order valence-electron chi connectivity index (χ2n) is 3.89. The van der Waals surface area contributed by atoms with E-state index in [4.69, 9.17) is 9.88 Å². The van der Waals surface area contributed by atoms with Crippen LogP contribution < -0.4 is 9.88 Å². The van der Waals surface area contributed by atoms with Crippen molar-refractivity contribution in [1.29, 1.82) is 0 Å². The fraction of sp³-hybridized carbons (Fsp3) is 0.0769. The minimum absolute atomic E-state index is 0.0143. The SMILES string of the molecule is COc1cccc(-c2ccc(S(N)(=O)=O)cc2)c1F. The minimum Gasteiger partial charge on any atom is -0.494 e. The van der Waals surface area contributed by atoms with E-state index in [2.05, 4.69) is 0 Å². The van der Waals surface area contributed by atoms with Crippen molar-refractivity contribution in [2.45, 2.75) is 4.90 Å². The van der Waals surface area contributed by atoms with Gasteiger partial charge in [0, 0.05) is 5.56 Å². The highest BCUT2D eigenvalue weighted by Gasteiger charge is 2.12. The molecule has 0 bridgehead atoms. The lowest BCUT2D eigenvalue weighted by atomic mass is 10.0. The standard InChI is InChI=1S/C13H12FNO3S/c1-18-12-4-2-3-11(13(12)14)9-5-7-10(8-6-9)19(15,16)17/h2-8H,1H3,(H2,15,16,17). The van der Waals surface area contributed by atoms with Gasteiger partial charge in [0.1, 0.15) is 0 Å². The van der Waals surface area contributed by atoms with Crippen LogP contribution in [-0.4, -0.2) is 15.5 Å². The first kappa shape index (κ1) is 13.5. The van der Waals surface area contributed by atoms with E-state index in [0.717, 1.165) is 0 Å². The molecule has 0 spiro atoms. The molecule has 19 heavy (non-hydrogen) atoms. The zero-order valence-corrected chi connectivity index (χ0v) is 10.9. The van der Waals surface area contributed by atoms with Crippen molar-refractivity contribution < 1.29 is 17.5 Å². The van der Waals surface area contributed by atoms with Crippen LogP contribution in [0.1, 0.15) is 0 Å². The summed E-state index contributed by atoms with van der Waals surface area (Å²) in [6, 6.07) is 10.4. The molecule has 100 valence electrons. The Morgan fingerprint density at radius 2 is 1.74 bits per heavy atom. The van der Waals surface area contributed by atoms with Crippen molar-refractivity contribution in [2.24, 2.45) is 5.14 Å². The highest BCUT2D eigenvalue weighted by atomic mass is 32.2. The van der Waals surface area contributed by atoms with Gasteiger partial charge in [-0.1, -0.05) is 24.3 Å². The molecule has 0 saturated heterocycles. The number of sulfonamides is 1.